The summed E-state index contributed by atoms with van der Waals surface area (Å²) in [5, 5.41) is 5.94. The Bertz CT molecular complexity index is 821. The SMILES string of the molecule is [Au+].[Cl-].c1ccc(P(CCCP(c2ccccc2)c2ccccc2)c2ccccc2)cc1. The average Bonchev–Trinajstić information content (AvgIpc) is 2.81. The molecule has 31 heavy (non-hydrogen) atoms. The van der Waals surface area contributed by atoms with Crippen LogP contribution in [0.15, 0.2) is 121 Å². The summed E-state index contributed by atoms with van der Waals surface area (Å²) in [6.07, 6.45) is 3.72. The fraction of sp³-hybridized carbons (Fsp3) is 0.111. The van der Waals surface area contributed by atoms with Crippen LogP contribution in [0.5, 0.6) is 0 Å². The van der Waals surface area contributed by atoms with Crippen molar-refractivity contribution < 1.29 is 34.8 Å². The van der Waals surface area contributed by atoms with Crippen molar-refractivity contribution in [2.45, 2.75) is 6.42 Å². The van der Waals surface area contributed by atoms with Crippen molar-refractivity contribution in [3.05, 3.63) is 121 Å². The van der Waals surface area contributed by atoms with Crippen LogP contribution in [-0.2, 0) is 22.4 Å². The summed E-state index contributed by atoms with van der Waals surface area (Å²) in [6.45, 7) is 0. The molecule has 4 aromatic carbocycles. The Morgan fingerprint density at radius 1 is 0.387 bits per heavy atom. The fourth-order valence-electron chi connectivity index (χ4n) is 3.63. The van der Waals surface area contributed by atoms with Crippen LogP contribution < -0.4 is 33.6 Å². The summed E-state index contributed by atoms with van der Waals surface area (Å²) < 4.78 is 0. The van der Waals surface area contributed by atoms with Gasteiger partial charge in [-0.2, -0.15) is 0 Å². The molecular formula is C27H26AuClP2. The van der Waals surface area contributed by atoms with E-state index in [1.54, 1.807) is 0 Å². The monoisotopic (exact) mass is 644 g/mol. The van der Waals surface area contributed by atoms with Gasteiger partial charge < -0.3 is 12.4 Å². The molecule has 0 aliphatic heterocycles. The zero-order valence-corrected chi connectivity index (χ0v) is 22.0. The van der Waals surface area contributed by atoms with Crippen LogP contribution in [0.3, 0.4) is 0 Å². The molecule has 0 aliphatic carbocycles. The van der Waals surface area contributed by atoms with E-state index in [9.17, 15) is 0 Å². The topological polar surface area (TPSA) is 0 Å². The van der Waals surface area contributed by atoms with Gasteiger partial charge in [-0.15, -0.1) is 0 Å². The predicted octanol–water partition coefficient (Wildman–Crippen LogP) is 2.64. The second kappa shape index (κ2) is 14.0. The summed E-state index contributed by atoms with van der Waals surface area (Å²) in [4.78, 5) is 0. The fourth-order valence-corrected chi connectivity index (χ4v) is 8.59. The maximum atomic E-state index is 2.30. The van der Waals surface area contributed by atoms with Crippen LogP contribution in [0.4, 0.5) is 0 Å². The third kappa shape index (κ3) is 7.40. The smallest absolute Gasteiger partial charge is 1.00 e. The molecule has 4 aromatic rings. The van der Waals surface area contributed by atoms with Crippen LogP contribution in [0.25, 0.3) is 0 Å². The van der Waals surface area contributed by atoms with E-state index in [0.717, 1.165) is 0 Å². The van der Waals surface area contributed by atoms with Gasteiger partial charge >= 0.3 is 22.4 Å². The van der Waals surface area contributed by atoms with E-state index in [0.29, 0.717) is 0 Å². The molecule has 0 amide bonds. The first-order valence-electron chi connectivity index (χ1n) is 10.2. The van der Waals surface area contributed by atoms with E-state index >= 15 is 0 Å². The molecule has 0 heterocycles. The minimum absolute atomic E-state index is 0. The Labute approximate surface area is 210 Å². The summed E-state index contributed by atoms with van der Waals surface area (Å²) in [5.74, 6) is 0. The molecule has 0 saturated heterocycles. The quantitative estimate of drug-likeness (QED) is 0.205. The van der Waals surface area contributed by atoms with E-state index in [-0.39, 0.29) is 50.6 Å². The third-order valence-corrected chi connectivity index (χ3v) is 10.2. The zero-order valence-electron chi connectivity index (χ0n) is 17.2. The summed E-state index contributed by atoms with van der Waals surface area (Å²) in [7, 11) is -0.618. The number of halogens is 1. The van der Waals surface area contributed by atoms with Gasteiger partial charge in [0.05, 0.1) is 0 Å². The molecule has 0 N–H and O–H groups in total. The largest absolute Gasteiger partial charge is 1.00 e. The van der Waals surface area contributed by atoms with E-state index in [1.165, 1.54) is 40.0 Å². The number of rotatable bonds is 8. The number of hydrogen-bond donors (Lipinski definition) is 0. The molecule has 0 radical (unpaired) electrons. The van der Waals surface area contributed by atoms with Crippen molar-refractivity contribution in [1.29, 1.82) is 0 Å². The summed E-state index contributed by atoms with van der Waals surface area (Å²) in [6, 6.07) is 44.3. The van der Waals surface area contributed by atoms with Gasteiger partial charge in [0.2, 0.25) is 0 Å². The molecule has 0 atom stereocenters. The van der Waals surface area contributed by atoms with Gasteiger partial charge in [-0.3, -0.25) is 0 Å². The molecule has 0 fully saturated rings. The van der Waals surface area contributed by atoms with Gasteiger partial charge in [-0.1, -0.05) is 121 Å². The predicted molar refractivity (Wildman–Crippen MR) is 132 cm³/mol. The molecule has 0 bridgehead atoms. The molecular weight excluding hydrogens is 619 g/mol. The van der Waals surface area contributed by atoms with Crippen molar-refractivity contribution in [2.24, 2.45) is 0 Å². The Hall–Kier alpha value is -1.23. The normalized spacial score (nSPS) is 10.4. The van der Waals surface area contributed by atoms with Crippen LogP contribution in [-0.4, -0.2) is 12.3 Å². The number of benzene rings is 4. The van der Waals surface area contributed by atoms with Crippen LogP contribution in [0.1, 0.15) is 6.42 Å². The van der Waals surface area contributed by atoms with Crippen molar-refractivity contribution in [3.63, 3.8) is 0 Å². The molecule has 0 aromatic heterocycles. The van der Waals surface area contributed by atoms with Crippen molar-refractivity contribution in [3.8, 4) is 0 Å². The van der Waals surface area contributed by atoms with Gasteiger partial charge in [-0.05, 0) is 55.8 Å². The Morgan fingerprint density at radius 2 is 0.613 bits per heavy atom. The molecule has 4 heteroatoms. The van der Waals surface area contributed by atoms with Crippen molar-refractivity contribution >= 4 is 37.1 Å². The molecule has 0 unspecified atom stereocenters. The Morgan fingerprint density at radius 3 is 0.839 bits per heavy atom. The number of hydrogen-bond acceptors (Lipinski definition) is 0. The summed E-state index contributed by atoms with van der Waals surface area (Å²) in [5.41, 5.74) is 0. The van der Waals surface area contributed by atoms with Crippen LogP contribution in [0.2, 0.25) is 0 Å². The Kier molecular flexibility index (Phi) is 11.8. The van der Waals surface area contributed by atoms with Gasteiger partial charge in [-0.25, -0.2) is 0 Å². The average molecular weight is 645 g/mol. The third-order valence-electron chi connectivity index (χ3n) is 5.03. The van der Waals surface area contributed by atoms with Gasteiger partial charge in [0.15, 0.2) is 0 Å². The van der Waals surface area contributed by atoms with E-state index < -0.39 is 0 Å². The molecule has 0 nitrogen and oxygen atoms in total. The van der Waals surface area contributed by atoms with Crippen LogP contribution >= 0.6 is 15.8 Å². The molecule has 4 rings (SSSR count). The van der Waals surface area contributed by atoms with E-state index in [1.807, 2.05) is 0 Å². The van der Waals surface area contributed by atoms with Gasteiger partial charge in [0.1, 0.15) is 0 Å². The van der Waals surface area contributed by atoms with Crippen molar-refractivity contribution in [1.82, 2.24) is 0 Å². The van der Waals surface area contributed by atoms with Crippen molar-refractivity contribution in [2.75, 3.05) is 12.3 Å². The molecule has 0 aliphatic rings. The maximum Gasteiger partial charge on any atom is 1.00 e. The minimum atomic E-state index is -0.309. The second-order valence-corrected chi connectivity index (χ2v) is 11.7. The first-order chi connectivity index (χ1) is 14.4. The van der Waals surface area contributed by atoms with Gasteiger partial charge in [0, 0.05) is 0 Å². The summed E-state index contributed by atoms with van der Waals surface area (Å²) >= 11 is 0. The standard InChI is InChI=1S/C27H26P2.Au.ClH/c1-5-14-24(15-6-1)28(25-16-7-2-8-17-25)22-13-23-29(26-18-9-3-10-19-26)27-20-11-4-12-21-27;;/h1-12,14-21H,13,22-23H2;;1H/q;+1;/p-1. The maximum absolute atomic E-state index is 2.30. The van der Waals surface area contributed by atoms with Gasteiger partial charge in [0.25, 0.3) is 0 Å². The first-order valence-corrected chi connectivity index (χ1v) is 13.2. The van der Waals surface area contributed by atoms with E-state index in [4.69, 9.17) is 0 Å². The molecule has 0 spiro atoms. The Balaban J connectivity index is 0.00000171. The van der Waals surface area contributed by atoms with E-state index in [2.05, 4.69) is 121 Å². The first kappa shape index (κ1) is 26.0. The zero-order chi connectivity index (χ0) is 19.7. The van der Waals surface area contributed by atoms with Crippen LogP contribution in [0, 0.1) is 0 Å². The second-order valence-electron chi connectivity index (χ2n) is 7.00. The minimum Gasteiger partial charge on any atom is -1.00 e. The molecule has 162 valence electrons. The molecule has 0 saturated carbocycles.